The van der Waals surface area contributed by atoms with Crippen molar-refractivity contribution in [2.24, 2.45) is 5.41 Å². The highest BCUT2D eigenvalue weighted by Crippen LogP contribution is 2.28. The summed E-state index contributed by atoms with van der Waals surface area (Å²) in [6, 6.07) is 11.3. The minimum atomic E-state index is -0.686. The lowest BCUT2D eigenvalue weighted by molar-refractivity contribution is -0.123. The quantitative estimate of drug-likeness (QED) is 0.673. The molecule has 2 aromatic rings. The van der Waals surface area contributed by atoms with Crippen molar-refractivity contribution in [3.63, 3.8) is 0 Å². The van der Waals surface area contributed by atoms with Gasteiger partial charge in [0.2, 0.25) is 5.91 Å². The molecule has 30 heavy (non-hydrogen) atoms. The topological polar surface area (TPSA) is 103 Å². The van der Waals surface area contributed by atoms with Gasteiger partial charge >= 0.3 is 5.97 Å². The zero-order valence-corrected chi connectivity index (χ0v) is 17.7. The Morgan fingerprint density at radius 1 is 0.933 bits per heavy atom. The van der Waals surface area contributed by atoms with Gasteiger partial charge in [0.25, 0.3) is 5.91 Å². The molecule has 0 radical (unpaired) electrons. The van der Waals surface area contributed by atoms with Gasteiger partial charge in [0.15, 0.2) is 6.61 Å². The monoisotopic (exact) mass is 414 g/mol. The standard InChI is InChI=1S/C22H26N2O6/c1-22(2,3)21(27)23-15-8-6-7-14(11-15)20(26)30-13-19(25)24-17-12-16(28-4)9-10-18(17)29-5/h6-12H,13H2,1-5H3,(H,23,27)(H,24,25). The zero-order valence-electron chi connectivity index (χ0n) is 17.7. The first kappa shape index (κ1) is 22.7. The van der Waals surface area contributed by atoms with Crippen molar-refractivity contribution in [3.05, 3.63) is 48.0 Å². The molecule has 0 saturated carbocycles. The maximum atomic E-state index is 12.3. The fourth-order valence-corrected chi connectivity index (χ4v) is 2.35. The predicted octanol–water partition coefficient (Wildman–Crippen LogP) is 3.48. The van der Waals surface area contributed by atoms with Crippen LogP contribution in [0, 0.1) is 5.41 Å². The molecule has 0 atom stereocenters. The van der Waals surface area contributed by atoms with Crippen molar-refractivity contribution >= 4 is 29.2 Å². The lowest BCUT2D eigenvalue weighted by Gasteiger charge is -2.17. The fourth-order valence-electron chi connectivity index (χ4n) is 2.35. The first-order valence-electron chi connectivity index (χ1n) is 9.24. The Morgan fingerprint density at radius 2 is 1.67 bits per heavy atom. The Morgan fingerprint density at radius 3 is 2.30 bits per heavy atom. The van der Waals surface area contributed by atoms with Crippen LogP contribution in [0.5, 0.6) is 11.5 Å². The molecule has 8 heteroatoms. The van der Waals surface area contributed by atoms with Crippen LogP contribution in [0.25, 0.3) is 0 Å². The summed E-state index contributed by atoms with van der Waals surface area (Å²) in [5.74, 6) is -0.420. The number of esters is 1. The lowest BCUT2D eigenvalue weighted by atomic mass is 9.95. The Hall–Kier alpha value is -3.55. The van der Waals surface area contributed by atoms with Crippen LogP contribution in [0.1, 0.15) is 31.1 Å². The van der Waals surface area contributed by atoms with Gasteiger partial charge in [-0.3, -0.25) is 9.59 Å². The number of hydrogen-bond acceptors (Lipinski definition) is 6. The molecule has 0 aliphatic carbocycles. The molecule has 0 unspecified atom stereocenters. The van der Waals surface area contributed by atoms with E-state index in [9.17, 15) is 14.4 Å². The maximum Gasteiger partial charge on any atom is 0.338 e. The first-order valence-corrected chi connectivity index (χ1v) is 9.24. The van der Waals surface area contributed by atoms with E-state index in [1.54, 1.807) is 51.1 Å². The van der Waals surface area contributed by atoms with Crippen molar-refractivity contribution in [1.82, 2.24) is 0 Å². The van der Waals surface area contributed by atoms with Crippen LogP contribution in [-0.4, -0.2) is 38.6 Å². The van der Waals surface area contributed by atoms with Crippen molar-refractivity contribution in [2.45, 2.75) is 20.8 Å². The van der Waals surface area contributed by atoms with E-state index in [1.807, 2.05) is 0 Å². The molecule has 0 aliphatic heterocycles. The number of carbonyl (C=O) groups is 3. The number of ether oxygens (including phenoxy) is 3. The van der Waals surface area contributed by atoms with Gasteiger partial charge in [-0.15, -0.1) is 0 Å². The average molecular weight is 414 g/mol. The minimum absolute atomic E-state index is 0.181. The van der Waals surface area contributed by atoms with E-state index in [4.69, 9.17) is 14.2 Å². The Labute approximate surface area is 175 Å². The van der Waals surface area contributed by atoms with Gasteiger partial charge in [-0.05, 0) is 30.3 Å². The summed E-state index contributed by atoms with van der Waals surface area (Å²) in [5.41, 5.74) is 0.503. The van der Waals surface area contributed by atoms with Gasteiger partial charge in [-0.1, -0.05) is 26.8 Å². The summed E-state index contributed by atoms with van der Waals surface area (Å²) < 4.78 is 15.4. The Kier molecular flexibility index (Phi) is 7.41. The summed E-state index contributed by atoms with van der Waals surface area (Å²) in [6.07, 6.45) is 0. The Balaban J connectivity index is 1.98. The second kappa shape index (κ2) is 9.78. The second-order valence-corrected chi connectivity index (χ2v) is 7.48. The number of rotatable bonds is 7. The molecule has 2 amide bonds. The maximum absolute atomic E-state index is 12.3. The molecule has 0 fully saturated rings. The number of nitrogens with one attached hydrogen (secondary N) is 2. The first-order chi connectivity index (χ1) is 14.1. The van der Waals surface area contributed by atoms with Crippen molar-refractivity contribution in [3.8, 4) is 11.5 Å². The fraction of sp³-hybridized carbons (Fsp3) is 0.318. The number of amides is 2. The number of methoxy groups -OCH3 is 2. The molecule has 0 heterocycles. The van der Waals surface area contributed by atoms with Crippen molar-refractivity contribution in [1.29, 1.82) is 0 Å². The molecular formula is C22H26N2O6. The smallest absolute Gasteiger partial charge is 0.338 e. The van der Waals surface area contributed by atoms with Crippen LogP contribution in [0.2, 0.25) is 0 Å². The van der Waals surface area contributed by atoms with Crippen LogP contribution in [0.4, 0.5) is 11.4 Å². The molecule has 160 valence electrons. The van der Waals surface area contributed by atoms with E-state index in [2.05, 4.69) is 10.6 Å². The molecule has 2 aromatic carbocycles. The van der Waals surface area contributed by atoms with E-state index in [0.29, 0.717) is 22.9 Å². The summed E-state index contributed by atoms with van der Waals surface area (Å²) in [6.45, 7) is 4.88. The van der Waals surface area contributed by atoms with Crippen molar-refractivity contribution in [2.75, 3.05) is 31.5 Å². The highest BCUT2D eigenvalue weighted by Gasteiger charge is 2.21. The van der Waals surface area contributed by atoms with E-state index in [0.717, 1.165) is 0 Å². The van der Waals surface area contributed by atoms with Gasteiger partial charge in [-0.25, -0.2) is 4.79 Å². The molecule has 0 spiro atoms. The SMILES string of the molecule is COc1ccc(OC)c(NC(=O)COC(=O)c2cccc(NC(=O)C(C)(C)C)c2)c1. The number of benzene rings is 2. The van der Waals surface area contributed by atoms with Gasteiger partial charge in [0.05, 0.1) is 25.5 Å². The highest BCUT2D eigenvalue weighted by molar-refractivity contribution is 5.98. The van der Waals surface area contributed by atoms with Crippen LogP contribution >= 0.6 is 0 Å². The lowest BCUT2D eigenvalue weighted by Crippen LogP contribution is -2.27. The average Bonchev–Trinajstić information content (AvgIpc) is 2.71. The molecule has 0 saturated heterocycles. The van der Waals surface area contributed by atoms with E-state index < -0.39 is 23.9 Å². The minimum Gasteiger partial charge on any atom is -0.497 e. The van der Waals surface area contributed by atoms with Crippen LogP contribution < -0.4 is 20.1 Å². The third kappa shape index (κ3) is 6.23. The van der Waals surface area contributed by atoms with Crippen LogP contribution in [0.15, 0.2) is 42.5 Å². The van der Waals surface area contributed by atoms with E-state index >= 15 is 0 Å². The molecule has 0 aromatic heterocycles. The number of carbonyl (C=O) groups excluding carboxylic acids is 3. The van der Waals surface area contributed by atoms with Crippen molar-refractivity contribution < 1.29 is 28.6 Å². The predicted molar refractivity (Wildman–Crippen MR) is 113 cm³/mol. The summed E-state index contributed by atoms with van der Waals surface area (Å²) in [7, 11) is 2.98. The van der Waals surface area contributed by atoms with E-state index in [1.165, 1.54) is 26.4 Å². The molecule has 8 nitrogen and oxygen atoms in total. The third-order valence-corrected chi connectivity index (χ3v) is 4.05. The summed E-state index contributed by atoms with van der Waals surface area (Å²) in [5, 5.41) is 5.37. The third-order valence-electron chi connectivity index (χ3n) is 4.05. The number of anilines is 2. The molecule has 2 rings (SSSR count). The molecule has 2 N–H and O–H groups in total. The summed E-state index contributed by atoms with van der Waals surface area (Å²) in [4.78, 5) is 36.6. The van der Waals surface area contributed by atoms with Gasteiger partial charge < -0.3 is 24.8 Å². The number of hydrogen-bond donors (Lipinski definition) is 2. The normalized spacial score (nSPS) is 10.7. The van der Waals surface area contributed by atoms with Crippen LogP contribution in [-0.2, 0) is 14.3 Å². The second-order valence-electron chi connectivity index (χ2n) is 7.48. The Bertz CT molecular complexity index is 933. The van der Waals surface area contributed by atoms with Gasteiger partial charge in [0.1, 0.15) is 11.5 Å². The summed E-state index contributed by atoms with van der Waals surface area (Å²) >= 11 is 0. The molecule has 0 aliphatic rings. The van der Waals surface area contributed by atoms with Crippen LogP contribution in [0.3, 0.4) is 0 Å². The van der Waals surface area contributed by atoms with E-state index in [-0.39, 0.29) is 11.5 Å². The largest absolute Gasteiger partial charge is 0.497 e. The molecular weight excluding hydrogens is 388 g/mol. The van der Waals surface area contributed by atoms with Gasteiger partial charge in [0, 0.05) is 17.2 Å². The highest BCUT2D eigenvalue weighted by atomic mass is 16.5. The molecule has 0 bridgehead atoms. The van der Waals surface area contributed by atoms with Gasteiger partial charge in [-0.2, -0.15) is 0 Å². The zero-order chi connectivity index (χ0) is 22.3.